The van der Waals surface area contributed by atoms with E-state index >= 15 is 0 Å². The molecular formula is C14H14Br2O. The topological polar surface area (TPSA) is 17.1 Å². The van der Waals surface area contributed by atoms with Gasteiger partial charge in [-0.05, 0) is 30.7 Å². The monoisotopic (exact) mass is 356 g/mol. The van der Waals surface area contributed by atoms with Crippen LogP contribution in [0.1, 0.15) is 28.8 Å². The fraction of sp³-hybridized carbons (Fsp3) is 0.500. The lowest BCUT2D eigenvalue weighted by atomic mass is 9.68. The van der Waals surface area contributed by atoms with E-state index in [4.69, 9.17) is 0 Å². The first kappa shape index (κ1) is 11.9. The fourth-order valence-electron chi connectivity index (χ4n) is 3.15. The molecule has 2 aliphatic rings. The summed E-state index contributed by atoms with van der Waals surface area (Å²) in [6.07, 6.45) is 3.13. The molecule has 0 radical (unpaired) electrons. The summed E-state index contributed by atoms with van der Waals surface area (Å²) >= 11 is 7.40. The minimum absolute atomic E-state index is 0.225. The van der Waals surface area contributed by atoms with Crippen LogP contribution in [-0.2, 0) is 6.42 Å². The molecule has 1 fully saturated rings. The lowest BCUT2D eigenvalue weighted by Crippen LogP contribution is -2.41. The van der Waals surface area contributed by atoms with Crippen LogP contribution in [0.15, 0.2) is 24.3 Å². The average molecular weight is 358 g/mol. The number of carbonyl (C=O) groups is 1. The van der Waals surface area contributed by atoms with Crippen molar-refractivity contribution in [1.82, 2.24) is 0 Å². The van der Waals surface area contributed by atoms with Crippen molar-refractivity contribution in [2.24, 2.45) is 11.8 Å². The van der Waals surface area contributed by atoms with Gasteiger partial charge in [0.05, 0.1) is 0 Å². The molecule has 0 N–H and O–H groups in total. The summed E-state index contributed by atoms with van der Waals surface area (Å²) in [6.45, 7) is 0. The molecular weight excluding hydrogens is 344 g/mol. The summed E-state index contributed by atoms with van der Waals surface area (Å²) < 4.78 is 0. The molecule has 3 heteroatoms. The Bertz CT molecular complexity index is 457. The molecule has 17 heavy (non-hydrogen) atoms. The van der Waals surface area contributed by atoms with Gasteiger partial charge in [-0.25, -0.2) is 0 Å². The van der Waals surface area contributed by atoms with Gasteiger partial charge in [-0.1, -0.05) is 56.1 Å². The van der Waals surface area contributed by atoms with Crippen molar-refractivity contribution in [3.63, 3.8) is 0 Å². The molecule has 90 valence electrons. The second-order valence-electron chi connectivity index (χ2n) is 5.10. The zero-order valence-electron chi connectivity index (χ0n) is 9.40. The summed E-state index contributed by atoms with van der Waals surface area (Å²) in [5, 5.41) is 0. The number of benzene rings is 1. The molecule has 2 aliphatic carbocycles. The van der Waals surface area contributed by atoms with E-state index in [1.54, 1.807) is 0 Å². The smallest absolute Gasteiger partial charge is 0.166 e. The fourth-order valence-corrected chi connectivity index (χ4v) is 4.47. The second-order valence-corrected chi connectivity index (χ2v) is 7.45. The summed E-state index contributed by atoms with van der Waals surface area (Å²) in [4.78, 5) is 13.4. The van der Waals surface area contributed by atoms with Crippen LogP contribution in [0.5, 0.6) is 0 Å². The summed E-state index contributed by atoms with van der Waals surface area (Å²) in [5.41, 5.74) is 2.20. The third-order valence-corrected chi connectivity index (χ3v) is 6.80. The minimum Gasteiger partial charge on any atom is -0.294 e. The summed E-state index contributed by atoms with van der Waals surface area (Å²) in [6, 6.07) is 8.09. The minimum atomic E-state index is 0.225. The highest BCUT2D eigenvalue weighted by Gasteiger charge is 2.42. The molecule has 0 spiro atoms. The third-order valence-electron chi connectivity index (χ3n) is 4.07. The molecule has 1 aromatic rings. The van der Waals surface area contributed by atoms with Crippen LogP contribution in [0.2, 0.25) is 0 Å². The number of carbonyl (C=O) groups excluding carboxylic acids is 1. The lowest BCUT2D eigenvalue weighted by molar-refractivity contribution is 0.0810. The van der Waals surface area contributed by atoms with Crippen LogP contribution < -0.4 is 0 Å². The van der Waals surface area contributed by atoms with Gasteiger partial charge in [0.2, 0.25) is 0 Å². The van der Waals surface area contributed by atoms with E-state index in [0.717, 1.165) is 24.8 Å². The average Bonchev–Trinajstić information content (AvgIpc) is 2.32. The maximum atomic E-state index is 12.5. The molecule has 1 saturated carbocycles. The molecule has 1 aromatic carbocycles. The number of halogens is 2. The molecule has 0 bridgehead atoms. The molecule has 0 aliphatic heterocycles. The zero-order valence-corrected chi connectivity index (χ0v) is 12.6. The number of alkyl halides is 2. The molecule has 1 nitrogen and oxygen atoms in total. The number of rotatable bonds is 0. The van der Waals surface area contributed by atoms with Gasteiger partial charge < -0.3 is 0 Å². The van der Waals surface area contributed by atoms with Crippen molar-refractivity contribution in [1.29, 1.82) is 0 Å². The highest BCUT2D eigenvalue weighted by atomic mass is 79.9. The highest BCUT2D eigenvalue weighted by molar-refractivity contribution is 9.12. The largest absolute Gasteiger partial charge is 0.294 e. The lowest BCUT2D eigenvalue weighted by Gasteiger charge is -2.39. The van der Waals surface area contributed by atoms with Crippen molar-refractivity contribution in [2.45, 2.75) is 28.9 Å². The molecule has 3 rings (SSSR count). The highest BCUT2D eigenvalue weighted by Crippen LogP contribution is 2.43. The van der Waals surface area contributed by atoms with Gasteiger partial charge in [0, 0.05) is 21.1 Å². The number of fused-ring (bicyclic) bond motifs is 2. The van der Waals surface area contributed by atoms with Crippen LogP contribution in [0.25, 0.3) is 0 Å². The van der Waals surface area contributed by atoms with Crippen molar-refractivity contribution >= 4 is 37.6 Å². The summed E-state index contributed by atoms with van der Waals surface area (Å²) in [7, 11) is 0. The van der Waals surface area contributed by atoms with Crippen LogP contribution in [-0.4, -0.2) is 15.4 Å². The Morgan fingerprint density at radius 3 is 2.59 bits per heavy atom. The Kier molecular flexibility index (Phi) is 3.16. The van der Waals surface area contributed by atoms with Crippen LogP contribution in [0.3, 0.4) is 0 Å². The Labute approximate surface area is 118 Å². The summed E-state index contributed by atoms with van der Waals surface area (Å²) in [5.74, 6) is 1.11. The maximum absolute atomic E-state index is 12.5. The maximum Gasteiger partial charge on any atom is 0.166 e. The van der Waals surface area contributed by atoms with Crippen LogP contribution in [0.4, 0.5) is 0 Å². The van der Waals surface area contributed by atoms with Crippen molar-refractivity contribution in [3.05, 3.63) is 35.4 Å². The van der Waals surface area contributed by atoms with Crippen molar-refractivity contribution < 1.29 is 4.79 Å². The van der Waals surface area contributed by atoms with E-state index < -0.39 is 0 Å². The first-order valence-electron chi connectivity index (χ1n) is 6.07. The van der Waals surface area contributed by atoms with Gasteiger partial charge in [-0.3, -0.25) is 4.79 Å². The second kappa shape index (κ2) is 4.51. The Morgan fingerprint density at radius 2 is 1.76 bits per heavy atom. The standard InChI is InChI=1S/C14H14Br2O/c15-12-6-9-5-8-3-1-2-4-10(8)14(17)11(9)7-13(12)16/h1-4,9,11-13H,5-7H2/t9-,11+,12+,13-/m0/s1. The van der Waals surface area contributed by atoms with E-state index in [2.05, 4.69) is 37.9 Å². The molecule has 0 unspecified atom stereocenters. The molecule has 0 heterocycles. The first-order chi connectivity index (χ1) is 8.16. The van der Waals surface area contributed by atoms with E-state index in [-0.39, 0.29) is 5.92 Å². The predicted molar refractivity (Wildman–Crippen MR) is 76.1 cm³/mol. The Morgan fingerprint density at radius 1 is 1.06 bits per heavy atom. The molecule has 0 saturated heterocycles. The third kappa shape index (κ3) is 2.01. The SMILES string of the molecule is O=C1c2ccccc2C[C@H]2C[C@@H](Br)[C@@H](Br)C[C@@H]12. The van der Waals surface area contributed by atoms with E-state index in [9.17, 15) is 4.79 Å². The van der Waals surface area contributed by atoms with Crippen molar-refractivity contribution in [2.75, 3.05) is 0 Å². The number of Topliss-reactive ketones (excluding diaryl/α,β-unsaturated/α-hetero) is 1. The van der Waals surface area contributed by atoms with Crippen LogP contribution in [0, 0.1) is 11.8 Å². The van der Waals surface area contributed by atoms with Gasteiger partial charge in [-0.15, -0.1) is 0 Å². The Hall–Kier alpha value is -0.150. The van der Waals surface area contributed by atoms with Gasteiger partial charge in [0.1, 0.15) is 0 Å². The van der Waals surface area contributed by atoms with Gasteiger partial charge in [0.25, 0.3) is 0 Å². The zero-order chi connectivity index (χ0) is 12.0. The van der Waals surface area contributed by atoms with Gasteiger partial charge >= 0.3 is 0 Å². The van der Waals surface area contributed by atoms with E-state index in [0.29, 0.717) is 21.4 Å². The van der Waals surface area contributed by atoms with E-state index in [1.165, 1.54) is 5.56 Å². The van der Waals surface area contributed by atoms with E-state index in [1.807, 2.05) is 18.2 Å². The quantitative estimate of drug-likeness (QED) is 0.642. The predicted octanol–water partition coefficient (Wildman–Crippen LogP) is 3.98. The Balaban J connectivity index is 1.97. The number of hydrogen-bond donors (Lipinski definition) is 0. The first-order valence-corrected chi connectivity index (χ1v) is 7.90. The number of ketones is 1. The normalized spacial score (nSPS) is 36.2. The van der Waals surface area contributed by atoms with Crippen LogP contribution >= 0.6 is 31.9 Å². The number of hydrogen-bond acceptors (Lipinski definition) is 1. The molecule has 0 amide bonds. The van der Waals surface area contributed by atoms with Gasteiger partial charge in [-0.2, -0.15) is 0 Å². The van der Waals surface area contributed by atoms with Crippen molar-refractivity contribution in [3.8, 4) is 0 Å². The van der Waals surface area contributed by atoms with Gasteiger partial charge in [0.15, 0.2) is 5.78 Å². The molecule has 0 aromatic heterocycles. The molecule has 4 atom stereocenters.